The summed E-state index contributed by atoms with van der Waals surface area (Å²) in [6, 6.07) is 9.97. The fourth-order valence-electron chi connectivity index (χ4n) is 1.94. The number of carbonyl (C=O) groups is 1. The summed E-state index contributed by atoms with van der Waals surface area (Å²) in [5.74, 6) is 1.48. The summed E-state index contributed by atoms with van der Waals surface area (Å²) < 4.78 is 5.69. The average molecular weight is 274 g/mol. The predicted octanol–water partition coefficient (Wildman–Crippen LogP) is 2.68. The highest BCUT2D eigenvalue weighted by Gasteiger charge is 2.04. The first kappa shape index (κ1) is 14.6. The molecule has 0 aliphatic rings. The van der Waals surface area contributed by atoms with Crippen molar-refractivity contribution in [1.29, 1.82) is 0 Å². The van der Waals surface area contributed by atoms with Gasteiger partial charge in [-0.25, -0.2) is 0 Å². The van der Waals surface area contributed by atoms with E-state index in [-0.39, 0.29) is 5.91 Å². The van der Waals surface area contributed by atoms with Crippen LogP contribution < -0.4 is 10.6 Å². The predicted molar refractivity (Wildman–Crippen MR) is 80.4 cm³/mol. The van der Waals surface area contributed by atoms with E-state index in [1.807, 2.05) is 30.3 Å². The number of hydrogen-bond acceptors (Lipinski definition) is 3. The van der Waals surface area contributed by atoms with Crippen molar-refractivity contribution in [2.75, 3.05) is 13.1 Å². The lowest BCUT2D eigenvalue weighted by Crippen LogP contribution is -2.30. The molecule has 2 N–H and O–H groups in total. The van der Waals surface area contributed by atoms with Crippen molar-refractivity contribution in [2.24, 2.45) is 5.92 Å². The molecule has 0 saturated carbocycles. The first-order valence-corrected chi connectivity index (χ1v) is 7.10. The van der Waals surface area contributed by atoms with Crippen molar-refractivity contribution in [3.05, 3.63) is 36.1 Å². The van der Waals surface area contributed by atoms with E-state index in [1.165, 1.54) is 0 Å². The Balaban J connectivity index is 1.69. The minimum absolute atomic E-state index is 0.0933. The number of amides is 1. The second-order valence-electron chi connectivity index (χ2n) is 5.38. The van der Waals surface area contributed by atoms with Crippen molar-refractivity contribution in [2.45, 2.75) is 26.8 Å². The second-order valence-corrected chi connectivity index (χ2v) is 5.38. The lowest BCUT2D eigenvalue weighted by atomic mass is 10.2. The van der Waals surface area contributed by atoms with Crippen LogP contribution in [-0.4, -0.2) is 19.0 Å². The number of fused-ring (bicyclic) bond motifs is 1. The van der Waals surface area contributed by atoms with Crippen LogP contribution in [0.1, 0.15) is 26.0 Å². The molecule has 0 unspecified atom stereocenters. The SMILES string of the molecule is CC(C)CNC(=O)CCNCc1cc2ccccc2o1. The Morgan fingerprint density at radius 2 is 2.10 bits per heavy atom. The molecule has 1 aromatic heterocycles. The number of hydrogen-bond donors (Lipinski definition) is 2. The van der Waals surface area contributed by atoms with Crippen LogP contribution in [-0.2, 0) is 11.3 Å². The van der Waals surface area contributed by atoms with E-state index in [1.54, 1.807) is 0 Å². The molecule has 1 heterocycles. The lowest BCUT2D eigenvalue weighted by Gasteiger charge is -2.07. The van der Waals surface area contributed by atoms with Gasteiger partial charge in [0.25, 0.3) is 0 Å². The summed E-state index contributed by atoms with van der Waals surface area (Å²) in [6.07, 6.45) is 0.493. The van der Waals surface area contributed by atoms with E-state index < -0.39 is 0 Å². The van der Waals surface area contributed by atoms with Crippen molar-refractivity contribution < 1.29 is 9.21 Å². The van der Waals surface area contributed by atoms with Gasteiger partial charge >= 0.3 is 0 Å². The normalized spacial score (nSPS) is 11.2. The third-order valence-corrected chi connectivity index (χ3v) is 3.01. The molecule has 108 valence electrons. The zero-order valence-electron chi connectivity index (χ0n) is 12.1. The Hall–Kier alpha value is -1.81. The molecule has 0 fully saturated rings. The second kappa shape index (κ2) is 7.10. The molecule has 20 heavy (non-hydrogen) atoms. The molecule has 4 nitrogen and oxygen atoms in total. The van der Waals surface area contributed by atoms with Gasteiger partial charge in [-0.1, -0.05) is 32.0 Å². The van der Waals surface area contributed by atoms with Gasteiger partial charge in [0.15, 0.2) is 0 Å². The smallest absolute Gasteiger partial charge is 0.221 e. The summed E-state index contributed by atoms with van der Waals surface area (Å²) in [7, 11) is 0. The van der Waals surface area contributed by atoms with Crippen LogP contribution in [0.15, 0.2) is 34.7 Å². The highest BCUT2D eigenvalue weighted by Crippen LogP contribution is 2.18. The minimum Gasteiger partial charge on any atom is -0.460 e. The molecule has 0 atom stereocenters. The maximum Gasteiger partial charge on any atom is 0.221 e. The number of furan rings is 1. The number of rotatable bonds is 7. The summed E-state index contributed by atoms with van der Waals surface area (Å²) in [5, 5.41) is 7.24. The molecule has 0 bridgehead atoms. The fourth-order valence-corrected chi connectivity index (χ4v) is 1.94. The maximum absolute atomic E-state index is 11.5. The number of nitrogens with one attached hydrogen (secondary N) is 2. The van der Waals surface area contributed by atoms with E-state index in [2.05, 4.69) is 24.5 Å². The van der Waals surface area contributed by atoms with Crippen molar-refractivity contribution in [1.82, 2.24) is 10.6 Å². The van der Waals surface area contributed by atoms with E-state index in [4.69, 9.17) is 4.42 Å². The van der Waals surface area contributed by atoms with Crippen molar-refractivity contribution in [3.8, 4) is 0 Å². The molecule has 0 saturated heterocycles. The lowest BCUT2D eigenvalue weighted by molar-refractivity contribution is -0.121. The molecule has 0 spiro atoms. The molecule has 0 radical (unpaired) electrons. The molecule has 0 aliphatic heterocycles. The van der Waals surface area contributed by atoms with Gasteiger partial charge < -0.3 is 15.1 Å². The molecule has 2 aromatic rings. The topological polar surface area (TPSA) is 54.3 Å². The number of carbonyl (C=O) groups excluding carboxylic acids is 1. The molecule has 2 rings (SSSR count). The van der Waals surface area contributed by atoms with Gasteiger partial charge in [-0.15, -0.1) is 0 Å². The highest BCUT2D eigenvalue weighted by molar-refractivity contribution is 5.77. The van der Waals surface area contributed by atoms with Gasteiger partial charge in [-0.05, 0) is 18.1 Å². The Morgan fingerprint density at radius 1 is 1.30 bits per heavy atom. The van der Waals surface area contributed by atoms with Crippen LogP contribution in [0, 0.1) is 5.92 Å². The largest absolute Gasteiger partial charge is 0.460 e. The zero-order chi connectivity index (χ0) is 14.4. The molecule has 4 heteroatoms. The van der Waals surface area contributed by atoms with E-state index >= 15 is 0 Å². The van der Waals surface area contributed by atoms with Crippen LogP contribution in [0.4, 0.5) is 0 Å². The van der Waals surface area contributed by atoms with E-state index in [9.17, 15) is 4.79 Å². The minimum atomic E-state index is 0.0933. The monoisotopic (exact) mass is 274 g/mol. The van der Waals surface area contributed by atoms with Gasteiger partial charge in [-0.2, -0.15) is 0 Å². The van der Waals surface area contributed by atoms with Crippen LogP contribution in [0.25, 0.3) is 11.0 Å². The Labute approximate surface area is 119 Å². The third kappa shape index (κ3) is 4.38. The van der Waals surface area contributed by atoms with Crippen molar-refractivity contribution >= 4 is 16.9 Å². The summed E-state index contributed by atoms with van der Waals surface area (Å²) in [4.78, 5) is 11.5. The molecular weight excluding hydrogens is 252 g/mol. The van der Waals surface area contributed by atoms with Crippen LogP contribution in [0.3, 0.4) is 0 Å². The molecule has 0 aliphatic carbocycles. The summed E-state index contributed by atoms with van der Waals surface area (Å²) in [5.41, 5.74) is 0.902. The summed E-state index contributed by atoms with van der Waals surface area (Å²) >= 11 is 0. The Bertz CT molecular complexity index is 527. The van der Waals surface area contributed by atoms with Crippen LogP contribution in [0.5, 0.6) is 0 Å². The van der Waals surface area contributed by atoms with Crippen molar-refractivity contribution in [3.63, 3.8) is 0 Å². The standard InChI is InChI=1S/C16H22N2O2/c1-12(2)10-18-16(19)7-8-17-11-14-9-13-5-3-4-6-15(13)20-14/h3-6,9,12,17H,7-8,10-11H2,1-2H3,(H,18,19). The third-order valence-electron chi connectivity index (χ3n) is 3.01. The Kier molecular flexibility index (Phi) is 5.18. The zero-order valence-corrected chi connectivity index (χ0v) is 12.1. The van der Waals surface area contributed by atoms with Gasteiger partial charge in [0.05, 0.1) is 6.54 Å². The highest BCUT2D eigenvalue weighted by atomic mass is 16.3. The summed E-state index contributed by atoms with van der Waals surface area (Å²) in [6.45, 7) is 6.20. The maximum atomic E-state index is 11.5. The quantitative estimate of drug-likeness (QED) is 0.763. The first-order valence-electron chi connectivity index (χ1n) is 7.10. The van der Waals surface area contributed by atoms with Gasteiger partial charge in [0.2, 0.25) is 5.91 Å². The number of benzene rings is 1. The van der Waals surface area contributed by atoms with Gasteiger partial charge in [-0.3, -0.25) is 4.79 Å². The molecule has 1 amide bonds. The fraction of sp³-hybridized carbons (Fsp3) is 0.438. The Morgan fingerprint density at radius 3 is 2.85 bits per heavy atom. The molecular formula is C16H22N2O2. The number of para-hydroxylation sites is 1. The van der Waals surface area contributed by atoms with E-state index in [0.29, 0.717) is 25.4 Å². The van der Waals surface area contributed by atoms with Gasteiger partial charge in [0, 0.05) is 24.9 Å². The van der Waals surface area contributed by atoms with Gasteiger partial charge in [0.1, 0.15) is 11.3 Å². The van der Waals surface area contributed by atoms with E-state index in [0.717, 1.165) is 23.3 Å². The molecule has 1 aromatic carbocycles. The average Bonchev–Trinajstić information content (AvgIpc) is 2.84. The van der Waals surface area contributed by atoms with Crippen LogP contribution >= 0.6 is 0 Å². The van der Waals surface area contributed by atoms with Crippen LogP contribution in [0.2, 0.25) is 0 Å². The first-order chi connectivity index (χ1) is 9.65.